The van der Waals surface area contributed by atoms with Crippen molar-refractivity contribution in [3.8, 4) is 0 Å². The number of amides is 11. The summed E-state index contributed by atoms with van der Waals surface area (Å²) in [6, 6.07) is 6.88. The zero-order valence-electron chi connectivity index (χ0n) is 40.8. The molecule has 396 valence electrons. The van der Waals surface area contributed by atoms with Crippen LogP contribution < -0.4 is 49.5 Å². The number of rotatable bonds is 17. The molecule has 4 aliphatic rings. The number of fused-ring (bicyclic) bond motifs is 17. The van der Waals surface area contributed by atoms with Gasteiger partial charge in [-0.1, -0.05) is 96.1 Å². The molecule has 0 aliphatic carbocycles. The number of piperazine rings is 1. The number of nitrogens with one attached hydrogen (secondary N) is 5. The van der Waals surface area contributed by atoms with Crippen LogP contribution in [-0.4, -0.2) is 166 Å². The fourth-order valence-electron chi connectivity index (χ4n) is 8.89. The van der Waals surface area contributed by atoms with Crippen LogP contribution in [0.25, 0.3) is 0 Å². The first-order valence-corrected chi connectivity index (χ1v) is 26.6. The molecule has 4 fully saturated rings. The second-order valence-electron chi connectivity index (χ2n) is 18.5. The van der Waals surface area contributed by atoms with Gasteiger partial charge in [-0.05, 0) is 42.7 Å². The summed E-state index contributed by atoms with van der Waals surface area (Å²) >= 11 is 0. The fourth-order valence-corrected chi connectivity index (χ4v) is 11.2. The van der Waals surface area contributed by atoms with Crippen LogP contribution in [0.15, 0.2) is 60.7 Å². The third-order valence-electron chi connectivity index (χ3n) is 12.6. The minimum absolute atomic E-state index is 0.00242. The Balaban J connectivity index is 1.54. The highest BCUT2D eigenvalue weighted by molar-refractivity contribution is 8.76. The van der Waals surface area contributed by atoms with Crippen LogP contribution in [0.3, 0.4) is 0 Å². The normalized spacial score (nSPS) is 24.0. The van der Waals surface area contributed by atoms with Gasteiger partial charge in [0.15, 0.2) is 0 Å². The summed E-state index contributed by atoms with van der Waals surface area (Å²) in [5, 5.41) is 13.0. The van der Waals surface area contributed by atoms with Gasteiger partial charge in [0.05, 0.1) is 13.0 Å². The summed E-state index contributed by atoms with van der Waals surface area (Å²) in [5.74, 6) is -9.30. The molecule has 4 aliphatic heterocycles. The monoisotopic (exact) mass is 1050 g/mol. The standard InChI is InChI=1S/C48H66N12O11S2/c1-27(2)20-32(53-40(63)24-49)47(70)58-17-9-14-35(58)44(67)57-34-26-73-72-25-33(41(52)64)56-45(68)36(21-28-10-5-3-6-11-28)59-18-19-60(37(48(59)71)22-29-12-7-4-8-13-29)46(69)30(15-16-38(50)61)54-42(65)31(23-39(51)62)55-43(34)66/h3-8,10-13,27,30-37H,9,14-26,49H2,1-2H3,(H2,50,61)(H2,51,62)(H2,52,64)(H,53,63)(H,54,65)(H,55,66)(H,56,68)(H,57,67)/t30-,31-,32-,33-,34+,35-,36-,37-/m0/s1. The van der Waals surface area contributed by atoms with E-state index in [-0.39, 0.29) is 75.7 Å². The maximum atomic E-state index is 14.9. The number of hydrogen-bond acceptors (Lipinski definition) is 14. The van der Waals surface area contributed by atoms with E-state index in [0.717, 1.165) is 21.6 Å². The van der Waals surface area contributed by atoms with Crippen molar-refractivity contribution < 1.29 is 52.7 Å². The summed E-state index contributed by atoms with van der Waals surface area (Å²) in [6.45, 7) is 3.17. The smallest absolute Gasteiger partial charge is 0.246 e. The molecular weight excluding hydrogens is 985 g/mol. The minimum atomic E-state index is -1.75. The van der Waals surface area contributed by atoms with Gasteiger partial charge >= 0.3 is 0 Å². The lowest BCUT2D eigenvalue weighted by molar-refractivity contribution is -0.157. The Morgan fingerprint density at radius 3 is 1.88 bits per heavy atom. The highest BCUT2D eigenvalue weighted by atomic mass is 33.1. The molecule has 73 heavy (non-hydrogen) atoms. The third kappa shape index (κ3) is 16.4. The molecule has 0 saturated carbocycles. The van der Waals surface area contributed by atoms with Gasteiger partial charge in [0.25, 0.3) is 0 Å². The molecular formula is C48H66N12O11S2. The van der Waals surface area contributed by atoms with E-state index in [0.29, 0.717) is 17.5 Å². The van der Waals surface area contributed by atoms with Crippen LogP contribution >= 0.6 is 21.6 Å². The average Bonchev–Trinajstić information content (AvgIpc) is 3.85. The Bertz CT molecular complexity index is 2350. The van der Waals surface area contributed by atoms with Crippen molar-refractivity contribution in [2.75, 3.05) is 37.7 Å². The Labute approximate surface area is 430 Å². The molecule has 2 aromatic carbocycles. The summed E-state index contributed by atoms with van der Waals surface area (Å²) < 4.78 is 0. The van der Waals surface area contributed by atoms with E-state index >= 15 is 0 Å². The van der Waals surface area contributed by atoms with E-state index in [2.05, 4.69) is 26.6 Å². The Morgan fingerprint density at radius 1 is 0.712 bits per heavy atom. The average molecular weight is 1050 g/mol. The largest absolute Gasteiger partial charge is 0.370 e. The van der Waals surface area contributed by atoms with Gasteiger partial charge in [0.2, 0.25) is 65.0 Å². The Kier molecular flexibility index (Phi) is 21.4. The topological polar surface area (TPSA) is 362 Å². The molecule has 2 aromatic rings. The van der Waals surface area contributed by atoms with E-state index < -0.39 is 126 Å². The molecule has 8 atom stereocenters. The van der Waals surface area contributed by atoms with Gasteiger partial charge in [0.1, 0.15) is 48.3 Å². The molecule has 0 spiro atoms. The molecule has 0 aromatic heterocycles. The lowest BCUT2D eigenvalue weighted by Gasteiger charge is -2.44. The van der Waals surface area contributed by atoms with E-state index in [1.165, 1.54) is 14.7 Å². The van der Waals surface area contributed by atoms with Crippen molar-refractivity contribution in [1.29, 1.82) is 0 Å². The van der Waals surface area contributed by atoms with E-state index in [4.69, 9.17) is 22.9 Å². The Hall–Kier alpha value is -6.73. The second-order valence-corrected chi connectivity index (χ2v) is 21.1. The quantitative estimate of drug-likeness (QED) is 0.0730. The molecule has 6 rings (SSSR count). The predicted molar refractivity (Wildman–Crippen MR) is 271 cm³/mol. The van der Waals surface area contributed by atoms with Crippen LogP contribution in [0.4, 0.5) is 0 Å². The van der Waals surface area contributed by atoms with Crippen LogP contribution in [0.2, 0.25) is 0 Å². The molecule has 23 nitrogen and oxygen atoms in total. The maximum absolute atomic E-state index is 14.9. The Morgan fingerprint density at radius 2 is 1.30 bits per heavy atom. The number of hydrogen-bond donors (Lipinski definition) is 9. The number of benzene rings is 2. The SMILES string of the molecule is CC(C)C[C@H](NC(=O)CN)C(=O)N1CCC[C@H]1C(=O)N[C@@H]1CSSC[C@@H](C(N)=O)NC(=O)[C@H](Cc2ccccc2)N2CCN(C(=O)[C@H](CCC(N)=O)NC(=O)[C@H](CC(N)=O)NC1=O)[C@@H](Cc1ccccc1)C2=O. The summed E-state index contributed by atoms with van der Waals surface area (Å²) in [7, 11) is 1.99. The van der Waals surface area contributed by atoms with Gasteiger partial charge < -0.3 is 64.2 Å². The first-order valence-electron chi connectivity index (χ1n) is 24.1. The first-order chi connectivity index (χ1) is 34.8. The highest BCUT2D eigenvalue weighted by Gasteiger charge is 2.45. The van der Waals surface area contributed by atoms with Crippen LogP contribution in [0.5, 0.6) is 0 Å². The van der Waals surface area contributed by atoms with Crippen molar-refractivity contribution >= 4 is 86.6 Å². The predicted octanol–water partition coefficient (Wildman–Crippen LogP) is -2.68. The maximum Gasteiger partial charge on any atom is 0.246 e. The zero-order valence-corrected chi connectivity index (χ0v) is 42.5. The van der Waals surface area contributed by atoms with Gasteiger partial charge in [-0.15, -0.1) is 0 Å². The number of carbonyl (C=O) groups excluding carboxylic acids is 11. The number of primary amides is 3. The minimum Gasteiger partial charge on any atom is -0.370 e. The number of nitrogens with two attached hydrogens (primary N) is 4. The van der Waals surface area contributed by atoms with E-state index in [1.807, 2.05) is 13.8 Å². The zero-order chi connectivity index (χ0) is 53.4. The van der Waals surface area contributed by atoms with E-state index in [1.54, 1.807) is 60.7 Å². The summed E-state index contributed by atoms with van der Waals surface area (Å²) in [5.41, 5.74) is 23.8. The summed E-state index contributed by atoms with van der Waals surface area (Å²) in [6.07, 6.45) is -0.769. The number of nitrogens with zero attached hydrogens (tertiary/aromatic N) is 3. The fraction of sp³-hybridized carbons (Fsp3) is 0.521. The van der Waals surface area contributed by atoms with Crippen molar-refractivity contribution in [3.63, 3.8) is 0 Å². The van der Waals surface area contributed by atoms with Crippen molar-refractivity contribution in [3.05, 3.63) is 71.8 Å². The van der Waals surface area contributed by atoms with E-state index in [9.17, 15) is 52.7 Å². The lowest BCUT2D eigenvalue weighted by atomic mass is 9.96. The summed E-state index contributed by atoms with van der Waals surface area (Å²) in [4.78, 5) is 155. The van der Waals surface area contributed by atoms with Crippen LogP contribution in [0.1, 0.15) is 63.5 Å². The highest BCUT2D eigenvalue weighted by Crippen LogP contribution is 2.27. The van der Waals surface area contributed by atoms with Crippen molar-refractivity contribution in [2.24, 2.45) is 28.9 Å². The van der Waals surface area contributed by atoms with Crippen molar-refractivity contribution in [1.82, 2.24) is 41.3 Å². The molecule has 4 saturated heterocycles. The van der Waals surface area contributed by atoms with Crippen LogP contribution in [-0.2, 0) is 65.6 Å². The first kappa shape index (κ1) is 57.2. The number of carbonyl (C=O) groups is 11. The number of likely N-dealkylation sites (tertiary alicyclic amines) is 1. The molecule has 4 heterocycles. The third-order valence-corrected chi connectivity index (χ3v) is 15.0. The lowest BCUT2D eigenvalue weighted by Crippen LogP contribution is -2.67. The van der Waals surface area contributed by atoms with Gasteiger partial charge in [-0.2, -0.15) is 0 Å². The van der Waals surface area contributed by atoms with Crippen LogP contribution in [0, 0.1) is 5.92 Å². The van der Waals surface area contributed by atoms with Gasteiger partial charge in [0, 0.05) is 50.4 Å². The second kappa shape index (κ2) is 27.4. The van der Waals surface area contributed by atoms with Gasteiger partial charge in [-0.25, -0.2) is 0 Å². The molecule has 0 radical (unpaired) electrons. The molecule has 13 N–H and O–H groups in total. The molecule has 25 heteroatoms. The molecule has 2 bridgehead atoms. The molecule has 0 unspecified atom stereocenters. The molecule has 11 amide bonds. The van der Waals surface area contributed by atoms with Gasteiger partial charge in [-0.3, -0.25) is 52.7 Å². The van der Waals surface area contributed by atoms with Crippen molar-refractivity contribution in [2.45, 2.75) is 114 Å².